The van der Waals surface area contributed by atoms with Crippen LogP contribution in [0.15, 0.2) is 72.8 Å². The highest BCUT2D eigenvalue weighted by Crippen LogP contribution is 2.35. The molecule has 1 atom stereocenters. The van der Waals surface area contributed by atoms with Crippen LogP contribution < -0.4 is 20.1 Å². The van der Waals surface area contributed by atoms with Gasteiger partial charge in [0.15, 0.2) is 5.54 Å². The van der Waals surface area contributed by atoms with Crippen LogP contribution in [-0.4, -0.2) is 30.1 Å². The van der Waals surface area contributed by atoms with E-state index in [-0.39, 0.29) is 19.1 Å². The number of carbonyl (C=O) groups excluding carboxylic acids is 2. The summed E-state index contributed by atoms with van der Waals surface area (Å²) < 4.78 is 25.3. The Balaban J connectivity index is 1.45. The zero-order valence-corrected chi connectivity index (χ0v) is 17.7. The summed E-state index contributed by atoms with van der Waals surface area (Å²) in [6.07, 6.45) is 0. The van der Waals surface area contributed by atoms with Crippen LogP contribution in [0.3, 0.4) is 0 Å². The fraction of sp³-hybridized carbons (Fsp3) is 0.200. The Morgan fingerprint density at radius 2 is 1.82 bits per heavy atom. The molecule has 0 spiro atoms. The molecular formula is C25H22FN3O4. The second kappa shape index (κ2) is 8.55. The maximum absolute atomic E-state index is 13.5. The largest absolute Gasteiger partial charge is 0.489 e. The molecule has 1 saturated heterocycles. The molecule has 2 aliphatic heterocycles. The van der Waals surface area contributed by atoms with Gasteiger partial charge in [-0.2, -0.15) is 0 Å². The Morgan fingerprint density at radius 1 is 1.03 bits per heavy atom. The van der Waals surface area contributed by atoms with E-state index in [9.17, 15) is 14.0 Å². The number of urea groups is 1. The SMILES string of the molecule is O=C1NC(=O)C(CN2COc3cc(F)ccc3C2)(c2ccccc2OCc2ccccc2)N1. The summed E-state index contributed by atoms with van der Waals surface area (Å²) in [5.74, 6) is 0.143. The predicted molar refractivity (Wildman–Crippen MR) is 118 cm³/mol. The molecule has 2 N–H and O–H groups in total. The zero-order valence-electron chi connectivity index (χ0n) is 17.7. The number of fused-ring (bicyclic) bond motifs is 1. The fourth-order valence-electron chi connectivity index (χ4n) is 4.24. The van der Waals surface area contributed by atoms with Crippen molar-refractivity contribution in [2.75, 3.05) is 13.3 Å². The minimum absolute atomic E-state index is 0.146. The van der Waals surface area contributed by atoms with Crippen molar-refractivity contribution < 1.29 is 23.5 Å². The molecule has 0 aliphatic carbocycles. The van der Waals surface area contributed by atoms with Crippen molar-refractivity contribution >= 4 is 11.9 Å². The van der Waals surface area contributed by atoms with E-state index in [0.29, 0.717) is 30.2 Å². The molecule has 1 unspecified atom stereocenters. The van der Waals surface area contributed by atoms with Crippen molar-refractivity contribution in [2.24, 2.45) is 0 Å². The highest BCUT2D eigenvalue weighted by Gasteiger charge is 2.50. The van der Waals surface area contributed by atoms with Gasteiger partial charge in [0.25, 0.3) is 5.91 Å². The first-order valence-electron chi connectivity index (χ1n) is 10.6. The second-order valence-corrected chi connectivity index (χ2v) is 8.10. The summed E-state index contributed by atoms with van der Waals surface area (Å²) in [5.41, 5.74) is 0.963. The molecule has 3 aromatic carbocycles. The Hall–Kier alpha value is -3.91. The van der Waals surface area contributed by atoms with Crippen LogP contribution in [0.4, 0.5) is 9.18 Å². The molecule has 3 amide bonds. The lowest BCUT2D eigenvalue weighted by Gasteiger charge is -2.36. The lowest BCUT2D eigenvalue weighted by Crippen LogP contribution is -2.53. The van der Waals surface area contributed by atoms with Gasteiger partial charge in [-0.3, -0.25) is 15.0 Å². The van der Waals surface area contributed by atoms with E-state index in [1.165, 1.54) is 12.1 Å². The molecule has 3 aromatic rings. The van der Waals surface area contributed by atoms with E-state index in [0.717, 1.165) is 11.1 Å². The first-order valence-corrected chi connectivity index (χ1v) is 10.6. The van der Waals surface area contributed by atoms with Crippen molar-refractivity contribution in [1.29, 1.82) is 0 Å². The minimum atomic E-state index is -1.37. The molecule has 1 fully saturated rings. The standard InChI is InChI=1S/C25H22FN3O4/c26-19-11-10-18-13-29(16-33-22(18)12-19)15-25(23(30)27-24(31)28-25)20-8-4-5-9-21(20)32-14-17-6-2-1-3-7-17/h1-12H,13-16H2,(H2,27,28,30,31). The number of hydrogen-bond donors (Lipinski definition) is 2. The lowest BCUT2D eigenvalue weighted by atomic mass is 9.88. The second-order valence-electron chi connectivity index (χ2n) is 8.10. The number of ether oxygens (including phenoxy) is 2. The van der Waals surface area contributed by atoms with Gasteiger partial charge in [0.05, 0.1) is 0 Å². The van der Waals surface area contributed by atoms with Gasteiger partial charge in [-0.1, -0.05) is 54.6 Å². The van der Waals surface area contributed by atoms with E-state index < -0.39 is 17.5 Å². The number of carbonyl (C=O) groups is 2. The highest BCUT2D eigenvalue weighted by molar-refractivity contribution is 6.08. The van der Waals surface area contributed by atoms with Gasteiger partial charge < -0.3 is 14.8 Å². The first-order chi connectivity index (χ1) is 16.0. The molecule has 0 aromatic heterocycles. The van der Waals surface area contributed by atoms with Crippen LogP contribution >= 0.6 is 0 Å². The average molecular weight is 447 g/mol. The minimum Gasteiger partial charge on any atom is -0.489 e. The molecule has 33 heavy (non-hydrogen) atoms. The first kappa shape index (κ1) is 21.0. The number of nitrogens with one attached hydrogen (secondary N) is 2. The Kier molecular flexibility index (Phi) is 5.43. The third-order valence-corrected chi connectivity index (χ3v) is 5.81. The van der Waals surface area contributed by atoms with Gasteiger partial charge in [-0.25, -0.2) is 9.18 Å². The molecule has 7 nitrogen and oxygen atoms in total. The van der Waals surface area contributed by atoms with Crippen molar-refractivity contribution in [3.8, 4) is 11.5 Å². The monoisotopic (exact) mass is 447 g/mol. The number of hydrogen-bond acceptors (Lipinski definition) is 5. The lowest BCUT2D eigenvalue weighted by molar-refractivity contribution is -0.125. The molecule has 0 bridgehead atoms. The van der Waals surface area contributed by atoms with Gasteiger partial charge in [0, 0.05) is 30.3 Å². The zero-order chi connectivity index (χ0) is 22.8. The molecular weight excluding hydrogens is 425 g/mol. The normalized spacial score (nSPS) is 19.9. The quantitative estimate of drug-likeness (QED) is 0.567. The molecule has 2 aliphatic rings. The summed E-state index contributed by atoms with van der Waals surface area (Å²) in [5, 5.41) is 5.18. The van der Waals surface area contributed by atoms with Crippen molar-refractivity contribution in [2.45, 2.75) is 18.7 Å². The van der Waals surface area contributed by atoms with E-state index >= 15 is 0 Å². The summed E-state index contributed by atoms with van der Waals surface area (Å²) in [6.45, 7) is 1.05. The summed E-state index contributed by atoms with van der Waals surface area (Å²) in [4.78, 5) is 27.3. The number of nitrogens with zero attached hydrogens (tertiary/aromatic N) is 1. The highest BCUT2D eigenvalue weighted by atomic mass is 19.1. The molecule has 168 valence electrons. The summed E-state index contributed by atoms with van der Waals surface area (Å²) in [7, 11) is 0. The fourth-order valence-corrected chi connectivity index (χ4v) is 4.24. The molecule has 5 rings (SSSR count). The predicted octanol–water partition coefficient (Wildman–Crippen LogP) is 3.29. The Labute approximate surface area is 190 Å². The molecule has 0 radical (unpaired) electrons. The van der Waals surface area contributed by atoms with Crippen LogP contribution in [0.25, 0.3) is 0 Å². The van der Waals surface area contributed by atoms with Crippen LogP contribution in [0.2, 0.25) is 0 Å². The van der Waals surface area contributed by atoms with Crippen LogP contribution in [0, 0.1) is 5.82 Å². The number of halogens is 1. The third-order valence-electron chi connectivity index (χ3n) is 5.81. The number of amides is 3. The smallest absolute Gasteiger partial charge is 0.322 e. The van der Waals surface area contributed by atoms with E-state index in [1.54, 1.807) is 24.3 Å². The van der Waals surface area contributed by atoms with Crippen LogP contribution in [0.5, 0.6) is 11.5 Å². The van der Waals surface area contributed by atoms with Crippen LogP contribution in [-0.2, 0) is 23.5 Å². The average Bonchev–Trinajstić information content (AvgIpc) is 3.12. The number of imide groups is 1. The molecule has 0 saturated carbocycles. The van der Waals surface area contributed by atoms with E-state index in [1.807, 2.05) is 41.3 Å². The molecule has 2 heterocycles. The molecule has 8 heteroatoms. The number of para-hydroxylation sites is 1. The van der Waals surface area contributed by atoms with Crippen molar-refractivity contribution in [3.05, 3.63) is 95.3 Å². The Bertz CT molecular complexity index is 1200. The number of rotatable bonds is 6. The van der Waals surface area contributed by atoms with Crippen molar-refractivity contribution in [1.82, 2.24) is 15.5 Å². The maximum atomic E-state index is 13.5. The third kappa shape index (κ3) is 4.12. The van der Waals surface area contributed by atoms with Gasteiger partial charge in [0.1, 0.15) is 30.7 Å². The van der Waals surface area contributed by atoms with Gasteiger partial charge >= 0.3 is 6.03 Å². The van der Waals surface area contributed by atoms with Crippen molar-refractivity contribution in [3.63, 3.8) is 0 Å². The maximum Gasteiger partial charge on any atom is 0.322 e. The van der Waals surface area contributed by atoms with Crippen LogP contribution in [0.1, 0.15) is 16.7 Å². The number of benzene rings is 3. The Morgan fingerprint density at radius 3 is 2.61 bits per heavy atom. The van der Waals surface area contributed by atoms with Gasteiger partial charge in [-0.15, -0.1) is 0 Å². The van der Waals surface area contributed by atoms with E-state index in [2.05, 4.69) is 10.6 Å². The topological polar surface area (TPSA) is 79.9 Å². The van der Waals surface area contributed by atoms with Gasteiger partial charge in [-0.05, 0) is 17.7 Å². The van der Waals surface area contributed by atoms with E-state index in [4.69, 9.17) is 9.47 Å². The summed E-state index contributed by atoms with van der Waals surface area (Å²) in [6, 6.07) is 20.7. The summed E-state index contributed by atoms with van der Waals surface area (Å²) >= 11 is 0. The van der Waals surface area contributed by atoms with Gasteiger partial charge in [0.2, 0.25) is 0 Å².